The first kappa shape index (κ1) is 11.4. The molecule has 0 rings (SSSR count). The van der Waals surface area contributed by atoms with Crippen LogP contribution in [-0.2, 0) is 4.79 Å². The van der Waals surface area contributed by atoms with E-state index in [1.807, 2.05) is 0 Å². The Balaban J connectivity index is 3.61. The molecule has 0 bridgehead atoms. The molecular weight excluding hydrogens is 152 g/mol. The summed E-state index contributed by atoms with van der Waals surface area (Å²) in [7, 11) is 0. The zero-order chi connectivity index (χ0) is 9.72. The minimum atomic E-state index is -0.399. The van der Waals surface area contributed by atoms with Crippen LogP contribution >= 0.6 is 0 Å². The normalized spacial score (nSPS) is 15.8. The smallest absolute Gasteiger partial charge is 0.236 e. The SMILES string of the molecule is CC(C)C(C)CNC(=O)[C@@H](C)N. The summed E-state index contributed by atoms with van der Waals surface area (Å²) in [6.07, 6.45) is 0. The molecule has 0 aromatic rings. The number of nitrogens with one attached hydrogen (secondary N) is 1. The van der Waals surface area contributed by atoms with E-state index in [0.717, 1.165) is 6.54 Å². The minimum Gasteiger partial charge on any atom is -0.354 e. The Morgan fingerprint density at radius 2 is 1.83 bits per heavy atom. The van der Waals surface area contributed by atoms with Crippen LogP contribution in [0.25, 0.3) is 0 Å². The van der Waals surface area contributed by atoms with Crippen molar-refractivity contribution >= 4 is 5.91 Å². The molecule has 0 aromatic heterocycles. The number of amides is 1. The number of carbonyl (C=O) groups is 1. The van der Waals surface area contributed by atoms with Gasteiger partial charge in [0.1, 0.15) is 0 Å². The summed E-state index contributed by atoms with van der Waals surface area (Å²) >= 11 is 0. The average molecular weight is 172 g/mol. The monoisotopic (exact) mass is 172 g/mol. The fraction of sp³-hybridized carbons (Fsp3) is 0.889. The fourth-order valence-corrected chi connectivity index (χ4v) is 0.658. The summed E-state index contributed by atoms with van der Waals surface area (Å²) in [5.74, 6) is 1.04. The first-order valence-electron chi connectivity index (χ1n) is 4.48. The highest BCUT2D eigenvalue weighted by Crippen LogP contribution is 2.07. The maximum absolute atomic E-state index is 11.0. The molecule has 1 amide bonds. The van der Waals surface area contributed by atoms with Gasteiger partial charge in [0.2, 0.25) is 5.91 Å². The van der Waals surface area contributed by atoms with Crippen LogP contribution in [0.1, 0.15) is 27.7 Å². The topological polar surface area (TPSA) is 55.1 Å². The number of carbonyl (C=O) groups excluding carboxylic acids is 1. The van der Waals surface area contributed by atoms with Crippen molar-refractivity contribution < 1.29 is 4.79 Å². The molecule has 3 heteroatoms. The van der Waals surface area contributed by atoms with Gasteiger partial charge in [-0.2, -0.15) is 0 Å². The largest absolute Gasteiger partial charge is 0.354 e. The Bertz CT molecular complexity index is 143. The van der Waals surface area contributed by atoms with E-state index in [4.69, 9.17) is 5.73 Å². The molecule has 0 aliphatic rings. The van der Waals surface area contributed by atoms with Crippen molar-refractivity contribution in [3.05, 3.63) is 0 Å². The van der Waals surface area contributed by atoms with E-state index >= 15 is 0 Å². The van der Waals surface area contributed by atoms with Crippen molar-refractivity contribution in [3.8, 4) is 0 Å². The van der Waals surface area contributed by atoms with Crippen LogP contribution < -0.4 is 11.1 Å². The van der Waals surface area contributed by atoms with Crippen LogP contribution in [0.5, 0.6) is 0 Å². The summed E-state index contributed by atoms with van der Waals surface area (Å²) in [6.45, 7) is 8.81. The molecule has 0 aliphatic heterocycles. The molecule has 0 aliphatic carbocycles. The molecule has 0 saturated carbocycles. The second-order valence-corrected chi connectivity index (χ2v) is 3.76. The third kappa shape index (κ3) is 4.34. The van der Waals surface area contributed by atoms with Gasteiger partial charge in [-0.3, -0.25) is 4.79 Å². The second kappa shape index (κ2) is 5.14. The van der Waals surface area contributed by atoms with E-state index in [9.17, 15) is 4.79 Å². The molecule has 2 atom stereocenters. The van der Waals surface area contributed by atoms with Gasteiger partial charge in [-0.15, -0.1) is 0 Å². The summed E-state index contributed by atoms with van der Waals surface area (Å²) in [5, 5.41) is 2.80. The van der Waals surface area contributed by atoms with Crippen molar-refractivity contribution in [2.24, 2.45) is 17.6 Å². The predicted octanol–water partition coefficient (Wildman–Crippen LogP) is 0.742. The van der Waals surface area contributed by atoms with Gasteiger partial charge in [-0.1, -0.05) is 20.8 Å². The standard InChI is InChI=1S/C9H20N2O/c1-6(2)7(3)5-11-9(12)8(4)10/h6-8H,5,10H2,1-4H3,(H,11,12)/t7?,8-/m1/s1. The maximum atomic E-state index is 11.0. The lowest BCUT2D eigenvalue weighted by atomic mass is 9.98. The van der Waals surface area contributed by atoms with Gasteiger partial charge in [0, 0.05) is 6.54 Å². The van der Waals surface area contributed by atoms with Gasteiger partial charge >= 0.3 is 0 Å². The van der Waals surface area contributed by atoms with E-state index in [1.54, 1.807) is 6.92 Å². The number of hydrogen-bond donors (Lipinski definition) is 2. The van der Waals surface area contributed by atoms with Gasteiger partial charge in [0.15, 0.2) is 0 Å². The average Bonchev–Trinajstić information content (AvgIpc) is 1.98. The van der Waals surface area contributed by atoms with E-state index in [-0.39, 0.29) is 5.91 Å². The lowest BCUT2D eigenvalue weighted by molar-refractivity contribution is -0.122. The highest BCUT2D eigenvalue weighted by Gasteiger charge is 2.10. The Labute approximate surface area is 74.7 Å². The molecule has 3 nitrogen and oxygen atoms in total. The van der Waals surface area contributed by atoms with E-state index < -0.39 is 6.04 Å². The Hall–Kier alpha value is -0.570. The molecule has 1 unspecified atom stereocenters. The first-order valence-corrected chi connectivity index (χ1v) is 4.48. The summed E-state index contributed by atoms with van der Waals surface area (Å²) < 4.78 is 0. The Morgan fingerprint density at radius 3 is 2.17 bits per heavy atom. The molecule has 0 aromatic carbocycles. The van der Waals surface area contributed by atoms with Crippen LogP contribution in [-0.4, -0.2) is 18.5 Å². The van der Waals surface area contributed by atoms with Crippen molar-refractivity contribution in [3.63, 3.8) is 0 Å². The second-order valence-electron chi connectivity index (χ2n) is 3.76. The van der Waals surface area contributed by atoms with Crippen LogP contribution in [0.3, 0.4) is 0 Å². The molecule has 0 spiro atoms. The summed E-state index contributed by atoms with van der Waals surface area (Å²) in [6, 6.07) is -0.399. The highest BCUT2D eigenvalue weighted by molar-refractivity contribution is 5.80. The number of hydrogen-bond acceptors (Lipinski definition) is 2. The number of nitrogens with two attached hydrogens (primary N) is 1. The Kier molecular flexibility index (Phi) is 4.90. The first-order chi connectivity index (χ1) is 5.45. The van der Waals surface area contributed by atoms with Gasteiger partial charge in [-0.25, -0.2) is 0 Å². The van der Waals surface area contributed by atoms with Crippen LogP contribution in [0, 0.1) is 11.8 Å². The molecule has 12 heavy (non-hydrogen) atoms. The zero-order valence-corrected chi connectivity index (χ0v) is 8.42. The van der Waals surface area contributed by atoms with Gasteiger partial charge in [0.25, 0.3) is 0 Å². The Morgan fingerprint density at radius 1 is 1.33 bits per heavy atom. The molecular formula is C9H20N2O. The molecule has 0 saturated heterocycles. The quantitative estimate of drug-likeness (QED) is 0.657. The molecule has 0 radical (unpaired) electrons. The third-order valence-electron chi connectivity index (χ3n) is 2.15. The molecule has 0 fully saturated rings. The highest BCUT2D eigenvalue weighted by atomic mass is 16.2. The molecule has 72 valence electrons. The van der Waals surface area contributed by atoms with Crippen LogP contribution in [0.4, 0.5) is 0 Å². The minimum absolute atomic E-state index is 0.0671. The summed E-state index contributed by atoms with van der Waals surface area (Å²) in [4.78, 5) is 11.0. The van der Waals surface area contributed by atoms with Crippen molar-refractivity contribution in [2.45, 2.75) is 33.7 Å². The van der Waals surface area contributed by atoms with Crippen LogP contribution in [0.15, 0.2) is 0 Å². The van der Waals surface area contributed by atoms with Gasteiger partial charge in [0.05, 0.1) is 6.04 Å². The van der Waals surface area contributed by atoms with Crippen LogP contribution in [0.2, 0.25) is 0 Å². The zero-order valence-electron chi connectivity index (χ0n) is 8.42. The van der Waals surface area contributed by atoms with Gasteiger partial charge < -0.3 is 11.1 Å². The van der Waals surface area contributed by atoms with E-state index in [0.29, 0.717) is 11.8 Å². The lowest BCUT2D eigenvalue weighted by Crippen LogP contribution is -2.40. The maximum Gasteiger partial charge on any atom is 0.236 e. The van der Waals surface area contributed by atoms with E-state index in [2.05, 4.69) is 26.1 Å². The predicted molar refractivity (Wildman–Crippen MR) is 50.7 cm³/mol. The third-order valence-corrected chi connectivity index (χ3v) is 2.15. The van der Waals surface area contributed by atoms with Crippen molar-refractivity contribution in [1.82, 2.24) is 5.32 Å². The fourth-order valence-electron chi connectivity index (χ4n) is 0.658. The molecule has 0 heterocycles. The summed E-state index contributed by atoms with van der Waals surface area (Å²) in [5.41, 5.74) is 5.39. The van der Waals surface area contributed by atoms with Crippen molar-refractivity contribution in [1.29, 1.82) is 0 Å². The number of rotatable bonds is 4. The van der Waals surface area contributed by atoms with E-state index in [1.165, 1.54) is 0 Å². The van der Waals surface area contributed by atoms with Crippen molar-refractivity contribution in [2.75, 3.05) is 6.54 Å². The van der Waals surface area contributed by atoms with Gasteiger partial charge in [-0.05, 0) is 18.8 Å². The lowest BCUT2D eigenvalue weighted by Gasteiger charge is -2.16. The molecule has 3 N–H and O–H groups in total.